The zero-order valence-electron chi connectivity index (χ0n) is 30.5. The topological polar surface area (TPSA) is 22.8 Å². The molecule has 8 aromatic carbocycles. The minimum Gasteiger partial charge on any atom is -0.309 e. The van der Waals surface area contributed by atoms with E-state index in [-0.39, 0.29) is 0 Å². The van der Waals surface area contributed by atoms with E-state index in [0.29, 0.717) is 0 Å². The molecule has 3 heterocycles. The first kappa shape index (κ1) is 32.0. The Bertz CT molecular complexity index is 3010. The van der Waals surface area contributed by atoms with Crippen molar-refractivity contribution >= 4 is 43.6 Å². The van der Waals surface area contributed by atoms with Gasteiger partial charge in [-0.15, -0.1) is 0 Å². The lowest BCUT2D eigenvalue weighted by molar-refractivity contribution is 1.18. The lowest BCUT2D eigenvalue weighted by atomic mass is 9.98. The Kier molecular flexibility index (Phi) is 7.49. The van der Waals surface area contributed by atoms with Gasteiger partial charge in [0.15, 0.2) is 0 Å². The normalized spacial score (nSPS) is 11.6. The summed E-state index contributed by atoms with van der Waals surface area (Å²) in [5.41, 5.74) is 16.1. The Morgan fingerprint density at radius 3 is 1.20 bits per heavy atom. The smallest absolute Gasteiger partial charge is 0.0702 e. The molecule has 0 radical (unpaired) electrons. The highest BCUT2D eigenvalue weighted by Gasteiger charge is 2.15. The molecule has 262 valence electrons. The van der Waals surface area contributed by atoms with E-state index in [1.807, 2.05) is 6.20 Å². The second-order valence-electron chi connectivity index (χ2n) is 14.4. The van der Waals surface area contributed by atoms with Crippen molar-refractivity contribution in [3.8, 4) is 56.0 Å². The van der Waals surface area contributed by atoms with Crippen LogP contribution in [0.3, 0.4) is 0 Å². The zero-order chi connectivity index (χ0) is 37.0. The van der Waals surface area contributed by atoms with Crippen molar-refractivity contribution in [3.05, 3.63) is 212 Å². The van der Waals surface area contributed by atoms with Gasteiger partial charge in [-0.3, -0.25) is 4.98 Å². The Morgan fingerprint density at radius 2 is 0.679 bits per heavy atom. The molecule has 0 N–H and O–H groups in total. The van der Waals surface area contributed by atoms with E-state index < -0.39 is 0 Å². The lowest BCUT2D eigenvalue weighted by Gasteiger charge is -2.11. The van der Waals surface area contributed by atoms with Crippen molar-refractivity contribution in [2.45, 2.75) is 0 Å². The molecule has 0 aliphatic heterocycles. The molecule has 0 fully saturated rings. The summed E-state index contributed by atoms with van der Waals surface area (Å²) >= 11 is 0. The Labute approximate surface area is 325 Å². The van der Waals surface area contributed by atoms with Gasteiger partial charge in [-0.1, -0.05) is 140 Å². The molecule has 0 bridgehead atoms. The minimum absolute atomic E-state index is 0.949. The van der Waals surface area contributed by atoms with Crippen LogP contribution in [0.1, 0.15) is 0 Å². The molecule has 0 amide bonds. The van der Waals surface area contributed by atoms with Crippen molar-refractivity contribution in [1.82, 2.24) is 14.1 Å². The number of fused-ring (bicyclic) bond motifs is 6. The zero-order valence-corrected chi connectivity index (χ0v) is 30.5. The van der Waals surface area contributed by atoms with E-state index in [1.165, 1.54) is 60.3 Å². The van der Waals surface area contributed by atoms with Crippen molar-refractivity contribution < 1.29 is 0 Å². The summed E-state index contributed by atoms with van der Waals surface area (Å²) in [6, 6.07) is 74.1. The SMILES string of the molecule is c1ccc(-n2c3ccccc3c3ccc(-c4cccc(-c5ccc(-c6cccc(-c7ccc8c9ccccc9n(-c9ccccc9)c8c7)c6)nc5)c4)cc32)cc1. The van der Waals surface area contributed by atoms with Crippen LogP contribution < -0.4 is 0 Å². The number of benzene rings is 8. The third-order valence-electron chi connectivity index (χ3n) is 11.2. The van der Waals surface area contributed by atoms with Gasteiger partial charge in [-0.2, -0.15) is 0 Å². The summed E-state index contributed by atoms with van der Waals surface area (Å²) in [6.45, 7) is 0. The van der Waals surface area contributed by atoms with Crippen LogP contribution >= 0.6 is 0 Å². The Balaban J connectivity index is 0.922. The molecule has 3 nitrogen and oxygen atoms in total. The standard InChI is InChI=1S/C53H35N3/c1-3-17-43(18-4-1)55-50-23-9-7-21-45(50)47-28-25-39(33-52(47)55)36-13-11-15-38(31-36)42-27-30-49(54-35-42)41-16-12-14-37(32-41)40-26-29-48-46-22-8-10-24-51(46)56(53(48)34-40)44-19-5-2-6-20-44/h1-35H. The minimum atomic E-state index is 0.949. The van der Waals surface area contributed by atoms with Gasteiger partial charge in [0.05, 0.1) is 27.8 Å². The van der Waals surface area contributed by atoms with Crippen LogP contribution in [0.4, 0.5) is 0 Å². The first-order chi connectivity index (χ1) is 27.8. The van der Waals surface area contributed by atoms with Crippen LogP contribution in [0.5, 0.6) is 0 Å². The number of hydrogen-bond donors (Lipinski definition) is 0. The molecule has 0 saturated carbocycles. The third kappa shape index (κ3) is 5.32. The second-order valence-corrected chi connectivity index (χ2v) is 14.4. The maximum absolute atomic E-state index is 5.00. The van der Waals surface area contributed by atoms with Gasteiger partial charge in [-0.05, 0) is 94.5 Å². The van der Waals surface area contributed by atoms with Crippen molar-refractivity contribution in [3.63, 3.8) is 0 Å². The quantitative estimate of drug-likeness (QED) is 0.168. The Hall–Kier alpha value is -7.49. The fourth-order valence-corrected chi connectivity index (χ4v) is 8.48. The molecule has 3 aromatic heterocycles. The fourth-order valence-electron chi connectivity index (χ4n) is 8.48. The predicted molar refractivity (Wildman–Crippen MR) is 235 cm³/mol. The number of pyridine rings is 1. The molecular weight excluding hydrogens is 679 g/mol. The van der Waals surface area contributed by atoms with Gasteiger partial charge in [0.2, 0.25) is 0 Å². The van der Waals surface area contributed by atoms with Gasteiger partial charge in [-0.25, -0.2) is 0 Å². The molecule has 0 aliphatic rings. The lowest BCUT2D eigenvalue weighted by Crippen LogP contribution is -1.93. The highest BCUT2D eigenvalue weighted by atomic mass is 15.0. The molecule has 0 atom stereocenters. The summed E-state index contributed by atoms with van der Waals surface area (Å²) in [4.78, 5) is 5.00. The summed E-state index contributed by atoms with van der Waals surface area (Å²) in [5, 5.41) is 5.02. The maximum atomic E-state index is 5.00. The third-order valence-corrected chi connectivity index (χ3v) is 11.2. The summed E-state index contributed by atoms with van der Waals surface area (Å²) in [5.74, 6) is 0. The van der Waals surface area contributed by atoms with E-state index >= 15 is 0 Å². The van der Waals surface area contributed by atoms with Gasteiger partial charge >= 0.3 is 0 Å². The summed E-state index contributed by atoms with van der Waals surface area (Å²) in [6.07, 6.45) is 2.00. The second kappa shape index (κ2) is 13.1. The van der Waals surface area contributed by atoms with E-state index in [0.717, 1.165) is 39.3 Å². The van der Waals surface area contributed by atoms with Crippen LogP contribution in [-0.4, -0.2) is 14.1 Å². The number of para-hydroxylation sites is 4. The number of hydrogen-bond acceptors (Lipinski definition) is 1. The highest BCUT2D eigenvalue weighted by molar-refractivity contribution is 6.11. The monoisotopic (exact) mass is 713 g/mol. The molecule has 0 unspecified atom stereocenters. The Morgan fingerprint density at radius 1 is 0.268 bits per heavy atom. The first-order valence-corrected chi connectivity index (χ1v) is 19.1. The molecular formula is C53H35N3. The van der Waals surface area contributed by atoms with Gasteiger partial charge < -0.3 is 9.13 Å². The predicted octanol–water partition coefficient (Wildman–Crippen LogP) is 13.9. The van der Waals surface area contributed by atoms with Crippen molar-refractivity contribution in [2.24, 2.45) is 0 Å². The van der Waals surface area contributed by atoms with E-state index in [9.17, 15) is 0 Å². The van der Waals surface area contributed by atoms with Gasteiger partial charge in [0.1, 0.15) is 0 Å². The van der Waals surface area contributed by atoms with Crippen LogP contribution in [0, 0.1) is 0 Å². The van der Waals surface area contributed by atoms with E-state index in [2.05, 4.69) is 215 Å². The number of aromatic nitrogens is 3. The average Bonchev–Trinajstić information content (AvgIpc) is 3.79. The van der Waals surface area contributed by atoms with Gasteiger partial charge in [0, 0.05) is 50.2 Å². The van der Waals surface area contributed by atoms with Crippen molar-refractivity contribution in [2.75, 3.05) is 0 Å². The van der Waals surface area contributed by atoms with Gasteiger partial charge in [0.25, 0.3) is 0 Å². The molecule has 0 aliphatic carbocycles. The summed E-state index contributed by atoms with van der Waals surface area (Å²) < 4.78 is 4.74. The largest absolute Gasteiger partial charge is 0.309 e. The number of rotatable bonds is 6. The van der Waals surface area contributed by atoms with E-state index in [1.54, 1.807) is 0 Å². The molecule has 3 heteroatoms. The molecule has 0 spiro atoms. The van der Waals surface area contributed by atoms with Crippen molar-refractivity contribution in [1.29, 1.82) is 0 Å². The van der Waals surface area contributed by atoms with Crippen LogP contribution in [0.2, 0.25) is 0 Å². The average molecular weight is 714 g/mol. The fraction of sp³-hybridized carbons (Fsp3) is 0. The summed E-state index contributed by atoms with van der Waals surface area (Å²) in [7, 11) is 0. The molecule has 56 heavy (non-hydrogen) atoms. The van der Waals surface area contributed by atoms with Crippen LogP contribution in [0.15, 0.2) is 212 Å². The van der Waals surface area contributed by atoms with Crippen LogP contribution in [-0.2, 0) is 0 Å². The number of nitrogens with zero attached hydrogens (tertiary/aromatic N) is 3. The first-order valence-electron chi connectivity index (χ1n) is 19.1. The molecule has 11 aromatic rings. The van der Waals surface area contributed by atoms with E-state index in [4.69, 9.17) is 4.98 Å². The molecule has 0 saturated heterocycles. The maximum Gasteiger partial charge on any atom is 0.0702 e. The highest BCUT2D eigenvalue weighted by Crippen LogP contribution is 2.38. The van der Waals surface area contributed by atoms with Crippen LogP contribution in [0.25, 0.3) is 99.6 Å². The molecule has 11 rings (SSSR count).